The summed E-state index contributed by atoms with van der Waals surface area (Å²) in [6.45, 7) is 1.62. The Labute approximate surface area is 86.6 Å². The molecule has 84 valence electrons. The first-order chi connectivity index (χ1) is 6.83. The topological polar surface area (TPSA) is 55.5 Å². The van der Waals surface area contributed by atoms with Gasteiger partial charge in [-0.1, -0.05) is 19.3 Å². The van der Waals surface area contributed by atoms with Crippen LogP contribution in [-0.4, -0.2) is 31.0 Å². The van der Waals surface area contributed by atoms with Crippen molar-refractivity contribution in [3.8, 4) is 0 Å². The van der Waals surface area contributed by atoms with Crippen molar-refractivity contribution in [1.29, 1.82) is 0 Å². The zero-order valence-electron chi connectivity index (χ0n) is 8.95. The van der Waals surface area contributed by atoms with E-state index in [1.165, 1.54) is 32.1 Å². The largest absolute Gasteiger partial charge is 0.396 e. The molecular formula is C11H23NO2. The maximum atomic E-state index is 8.65. The Kier molecular flexibility index (Phi) is 6.15. The molecule has 0 bridgehead atoms. The van der Waals surface area contributed by atoms with Gasteiger partial charge in [0.25, 0.3) is 0 Å². The van der Waals surface area contributed by atoms with Gasteiger partial charge < -0.3 is 15.6 Å². The summed E-state index contributed by atoms with van der Waals surface area (Å²) in [4.78, 5) is 0. The van der Waals surface area contributed by atoms with Gasteiger partial charge in [-0.25, -0.2) is 0 Å². The number of hydrogen-bond acceptors (Lipinski definition) is 3. The van der Waals surface area contributed by atoms with Gasteiger partial charge in [-0.05, 0) is 25.2 Å². The van der Waals surface area contributed by atoms with Crippen LogP contribution in [0.5, 0.6) is 0 Å². The maximum absolute atomic E-state index is 8.65. The molecule has 0 heterocycles. The third-order valence-corrected chi connectivity index (χ3v) is 2.91. The van der Waals surface area contributed by atoms with Crippen LogP contribution in [0.15, 0.2) is 0 Å². The lowest BCUT2D eigenvalue weighted by atomic mass is 9.90. The van der Waals surface area contributed by atoms with Gasteiger partial charge in [0.1, 0.15) is 0 Å². The number of nitrogens with two attached hydrogens (primary N) is 1. The van der Waals surface area contributed by atoms with Gasteiger partial charge in [0.05, 0.1) is 6.61 Å². The van der Waals surface area contributed by atoms with E-state index < -0.39 is 0 Å². The van der Waals surface area contributed by atoms with Crippen molar-refractivity contribution in [3.63, 3.8) is 0 Å². The average Bonchev–Trinajstić information content (AvgIpc) is 2.20. The Bertz CT molecular complexity index is 135. The van der Waals surface area contributed by atoms with E-state index in [2.05, 4.69) is 0 Å². The lowest BCUT2D eigenvalue weighted by Crippen LogP contribution is -2.28. The Morgan fingerprint density at radius 3 is 2.64 bits per heavy atom. The first-order valence-corrected chi connectivity index (χ1v) is 5.77. The number of hydrogen-bond donors (Lipinski definition) is 2. The molecule has 0 aromatic carbocycles. The third-order valence-electron chi connectivity index (χ3n) is 2.91. The number of aliphatic hydroxyl groups excluding tert-OH is 1. The van der Waals surface area contributed by atoms with Crippen LogP contribution in [0.1, 0.15) is 38.5 Å². The fourth-order valence-corrected chi connectivity index (χ4v) is 1.99. The van der Waals surface area contributed by atoms with E-state index in [0.717, 1.165) is 12.5 Å². The molecule has 14 heavy (non-hydrogen) atoms. The molecule has 3 nitrogen and oxygen atoms in total. The summed E-state index contributed by atoms with van der Waals surface area (Å²) < 4.78 is 5.55. The molecule has 0 saturated heterocycles. The molecule has 0 aliphatic heterocycles. The normalized spacial score (nSPS) is 21.0. The van der Waals surface area contributed by atoms with Crippen LogP contribution in [0.3, 0.4) is 0 Å². The monoisotopic (exact) mass is 201 g/mol. The molecule has 0 aromatic rings. The highest BCUT2D eigenvalue weighted by Gasteiger charge is 2.13. The lowest BCUT2D eigenvalue weighted by Gasteiger charge is -2.22. The van der Waals surface area contributed by atoms with Gasteiger partial charge in [0.2, 0.25) is 0 Å². The number of rotatable bonds is 6. The van der Waals surface area contributed by atoms with E-state index in [0.29, 0.717) is 13.0 Å². The van der Waals surface area contributed by atoms with E-state index in [-0.39, 0.29) is 12.6 Å². The standard InChI is InChI=1S/C11H23NO2/c12-11(6-7-13)9-14-8-10-4-2-1-3-5-10/h10-11,13H,1-9,12H2. The van der Waals surface area contributed by atoms with Crippen LogP contribution in [0.4, 0.5) is 0 Å². The van der Waals surface area contributed by atoms with Crippen molar-refractivity contribution in [3.05, 3.63) is 0 Å². The van der Waals surface area contributed by atoms with E-state index in [1.807, 2.05) is 0 Å². The Hall–Kier alpha value is -0.120. The molecule has 3 heteroatoms. The predicted molar refractivity (Wildman–Crippen MR) is 57.1 cm³/mol. The minimum atomic E-state index is 0.00332. The Morgan fingerprint density at radius 1 is 1.29 bits per heavy atom. The van der Waals surface area contributed by atoms with Crippen LogP contribution in [-0.2, 0) is 4.74 Å². The molecular weight excluding hydrogens is 178 g/mol. The van der Waals surface area contributed by atoms with Gasteiger partial charge in [0.15, 0.2) is 0 Å². The van der Waals surface area contributed by atoms with Crippen molar-refractivity contribution >= 4 is 0 Å². The zero-order chi connectivity index (χ0) is 10.2. The predicted octanol–water partition coefficient (Wildman–Crippen LogP) is 1.29. The zero-order valence-corrected chi connectivity index (χ0v) is 8.95. The summed E-state index contributed by atoms with van der Waals surface area (Å²) in [5, 5.41) is 8.65. The maximum Gasteiger partial charge on any atom is 0.0618 e. The van der Waals surface area contributed by atoms with Crippen LogP contribution in [0.25, 0.3) is 0 Å². The molecule has 1 saturated carbocycles. The van der Waals surface area contributed by atoms with Crippen LogP contribution >= 0.6 is 0 Å². The molecule has 1 fully saturated rings. The van der Waals surface area contributed by atoms with Crippen molar-refractivity contribution in [2.45, 2.75) is 44.6 Å². The minimum absolute atomic E-state index is 0.00332. The second kappa shape index (κ2) is 7.21. The van der Waals surface area contributed by atoms with E-state index in [1.54, 1.807) is 0 Å². The van der Waals surface area contributed by atoms with Gasteiger partial charge in [-0.3, -0.25) is 0 Å². The highest BCUT2D eigenvalue weighted by atomic mass is 16.5. The fourth-order valence-electron chi connectivity index (χ4n) is 1.99. The summed E-state index contributed by atoms with van der Waals surface area (Å²) in [5.41, 5.74) is 5.71. The summed E-state index contributed by atoms with van der Waals surface area (Å²) >= 11 is 0. The molecule has 1 rings (SSSR count). The SMILES string of the molecule is NC(CCO)COCC1CCCCC1. The summed E-state index contributed by atoms with van der Waals surface area (Å²) in [6, 6.07) is 0.00332. The molecule has 3 N–H and O–H groups in total. The lowest BCUT2D eigenvalue weighted by molar-refractivity contribution is 0.0713. The molecule has 1 aliphatic carbocycles. The van der Waals surface area contributed by atoms with Crippen molar-refractivity contribution in [1.82, 2.24) is 0 Å². The molecule has 0 spiro atoms. The highest BCUT2D eigenvalue weighted by Crippen LogP contribution is 2.23. The summed E-state index contributed by atoms with van der Waals surface area (Å²) in [6.07, 6.45) is 7.38. The molecule has 1 aliphatic rings. The molecule has 1 atom stereocenters. The number of ether oxygens (including phenoxy) is 1. The third kappa shape index (κ3) is 4.94. The molecule has 0 amide bonds. The second-order valence-corrected chi connectivity index (χ2v) is 4.31. The van der Waals surface area contributed by atoms with Crippen molar-refractivity contribution in [2.75, 3.05) is 19.8 Å². The average molecular weight is 201 g/mol. The van der Waals surface area contributed by atoms with E-state index in [4.69, 9.17) is 15.6 Å². The van der Waals surface area contributed by atoms with Crippen molar-refractivity contribution < 1.29 is 9.84 Å². The molecule has 0 aromatic heterocycles. The van der Waals surface area contributed by atoms with Crippen molar-refractivity contribution in [2.24, 2.45) is 11.7 Å². The van der Waals surface area contributed by atoms with E-state index >= 15 is 0 Å². The quantitative estimate of drug-likeness (QED) is 0.681. The van der Waals surface area contributed by atoms with Crippen LogP contribution in [0.2, 0.25) is 0 Å². The molecule has 0 radical (unpaired) electrons. The Morgan fingerprint density at radius 2 is 2.00 bits per heavy atom. The number of aliphatic hydroxyl groups is 1. The smallest absolute Gasteiger partial charge is 0.0618 e. The molecule has 1 unspecified atom stereocenters. The first-order valence-electron chi connectivity index (χ1n) is 5.77. The van der Waals surface area contributed by atoms with Gasteiger partial charge >= 0.3 is 0 Å². The van der Waals surface area contributed by atoms with Gasteiger partial charge in [0, 0.05) is 19.3 Å². The van der Waals surface area contributed by atoms with Gasteiger partial charge in [-0.2, -0.15) is 0 Å². The van der Waals surface area contributed by atoms with Crippen LogP contribution < -0.4 is 5.73 Å². The summed E-state index contributed by atoms with van der Waals surface area (Å²) in [7, 11) is 0. The Balaban J connectivity index is 1.96. The second-order valence-electron chi connectivity index (χ2n) is 4.31. The van der Waals surface area contributed by atoms with Crippen LogP contribution in [0, 0.1) is 5.92 Å². The minimum Gasteiger partial charge on any atom is -0.396 e. The van der Waals surface area contributed by atoms with E-state index in [9.17, 15) is 0 Å². The summed E-state index contributed by atoms with van der Waals surface area (Å²) in [5.74, 6) is 0.755. The highest BCUT2D eigenvalue weighted by molar-refractivity contribution is 4.66. The fraction of sp³-hybridized carbons (Fsp3) is 1.00. The van der Waals surface area contributed by atoms with Gasteiger partial charge in [-0.15, -0.1) is 0 Å². The first kappa shape index (κ1) is 12.0.